The molecule has 3 rings (SSSR count). The number of hydrogen-bond acceptors (Lipinski definition) is 5. The van der Waals surface area contributed by atoms with Crippen molar-refractivity contribution in [1.29, 1.82) is 0 Å². The van der Waals surface area contributed by atoms with Gasteiger partial charge >= 0.3 is 0 Å². The molecule has 0 aliphatic carbocycles. The third kappa shape index (κ3) is 2.25. The predicted octanol–water partition coefficient (Wildman–Crippen LogP) is 2.16. The van der Waals surface area contributed by atoms with Gasteiger partial charge in [0.05, 0.1) is 5.39 Å². The van der Waals surface area contributed by atoms with E-state index >= 15 is 0 Å². The number of nitrogens with zero attached hydrogens (tertiary/aromatic N) is 2. The van der Waals surface area contributed by atoms with Crippen LogP contribution < -0.4 is 10.6 Å². The SMILES string of the molecule is Cc1cc2c(NCC3CCCN3)ncnc2s1. The van der Waals surface area contributed by atoms with E-state index in [1.807, 2.05) is 0 Å². The maximum absolute atomic E-state index is 4.34. The fraction of sp³-hybridized carbons (Fsp3) is 0.500. The Bertz CT molecular complexity index is 516. The highest BCUT2D eigenvalue weighted by molar-refractivity contribution is 7.18. The molecule has 1 fully saturated rings. The summed E-state index contributed by atoms with van der Waals surface area (Å²) in [6.07, 6.45) is 4.18. The van der Waals surface area contributed by atoms with Gasteiger partial charge in [0.15, 0.2) is 0 Å². The van der Waals surface area contributed by atoms with Gasteiger partial charge in [0.2, 0.25) is 0 Å². The van der Waals surface area contributed by atoms with Gasteiger partial charge in [-0.05, 0) is 32.4 Å². The van der Waals surface area contributed by atoms with E-state index < -0.39 is 0 Å². The molecule has 1 unspecified atom stereocenters. The van der Waals surface area contributed by atoms with Crippen molar-refractivity contribution >= 4 is 27.4 Å². The first-order valence-corrected chi connectivity index (χ1v) is 6.83. The monoisotopic (exact) mass is 248 g/mol. The molecule has 5 heteroatoms. The molecule has 2 aromatic rings. The lowest BCUT2D eigenvalue weighted by Crippen LogP contribution is -2.29. The van der Waals surface area contributed by atoms with Gasteiger partial charge in [-0.3, -0.25) is 0 Å². The summed E-state index contributed by atoms with van der Waals surface area (Å²) in [4.78, 5) is 11.0. The summed E-state index contributed by atoms with van der Waals surface area (Å²) in [5.41, 5.74) is 0. The summed E-state index contributed by atoms with van der Waals surface area (Å²) in [6, 6.07) is 2.74. The summed E-state index contributed by atoms with van der Waals surface area (Å²) in [7, 11) is 0. The second-order valence-electron chi connectivity index (χ2n) is 4.47. The van der Waals surface area contributed by atoms with Crippen molar-refractivity contribution in [3.63, 3.8) is 0 Å². The molecular formula is C12H16N4S. The molecule has 0 radical (unpaired) electrons. The zero-order valence-electron chi connectivity index (χ0n) is 9.86. The molecule has 90 valence electrons. The van der Waals surface area contributed by atoms with Crippen LogP contribution in [0.25, 0.3) is 10.2 Å². The van der Waals surface area contributed by atoms with Crippen molar-refractivity contribution < 1.29 is 0 Å². The van der Waals surface area contributed by atoms with E-state index in [-0.39, 0.29) is 0 Å². The Morgan fingerprint density at radius 3 is 3.29 bits per heavy atom. The molecule has 0 aromatic carbocycles. The van der Waals surface area contributed by atoms with E-state index in [1.165, 1.54) is 17.7 Å². The van der Waals surface area contributed by atoms with Crippen molar-refractivity contribution in [3.8, 4) is 0 Å². The van der Waals surface area contributed by atoms with Crippen LogP contribution in [0.1, 0.15) is 17.7 Å². The zero-order chi connectivity index (χ0) is 11.7. The van der Waals surface area contributed by atoms with Crippen LogP contribution in [0, 0.1) is 6.92 Å². The number of fused-ring (bicyclic) bond motifs is 1. The van der Waals surface area contributed by atoms with Crippen LogP contribution in [0.15, 0.2) is 12.4 Å². The quantitative estimate of drug-likeness (QED) is 0.874. The van der Waals surface area contributed by atoms with Crippen molar-refractivity contribution in [3.05, 3.63) is 17.3 Å². The third-order valence-corrected chi connectivity index (χ3v) is 4.09. The van der Waals surface area contributed by atoms with Crippen LogP contribution in [0.5, 0.6) is 0 Å². The Morgan fingerprint density at radius 1 is 1.53 bits per heavy atom. The number of anilines is 1. The molecule has 1 aliphatic rings. The molecule has 2 aromatic heterocycles. The summed E-state index contributed by atoms with van der Waals surface area (Å²) in [5.74, 6) is 0.966. The highest BCUT2D eigenvalue weighted by atomic mass is 32.1. The zero-order valence-corrected chi connectivity index (χ0v) is 10.7. The van der Waals surface area contributed by atoms with E-state index in [0.29, 0.717) is 6.04 Å². The van der Waals surface area contributed by atoms with Gasteiger partial charge in [0, 0.05) is 17.5 Å². The molecule has 0 saturated carbocycles. The molecule has 1 saturated heterocycles. The molecule has 1 aliphatic heterocycles. The molecule has 2 N–H and O–H groups in total. The number of hydrogen-bond donors (Lipinski definition) is 2. The van der Waals surface area contributed by atoms with Crippen LogP contribution in [0.4, 0.5) is 5.82 Å². The van der Waals surface area contributed by atoms with Crippen molar-refractivity contribution in [2.24, 2.45) is 0 Å². The predicted molar refractivity (Wildman–Crippen MR) is 71.7 cm³/mol. The first-order chi connectivity index (χ1) is 8.33. The van der Waals surface area contributed by atoms with Crippen LogP contribution in [-0.4, -0.2) is 29.1 Å². The number of aromatic nitrogens is 2. The summed E-state index contributed by atoms with van der Waals surface area (Å²) >= 11 is 1.72. The average Bonchev–Trinajstić information content (AvgIpc) is 2.93. The lowest BCUT2D eigenvalue weighted by atomic mass is 10.2. The lowest BCUT2D eigenvalue weighted by molar-refractivity contribution is 0.633. The van der Waals surface area contributed by atoms with Gasteiger partial charge in [-0.15, -0.1) is 11.3 Å². The summed E-state index contributed by atoms with van der Waals surface area (Å²) in [6.45, 7) is 4.19. The Hall–Kier alpha value is -1.20. The minimum Gasteiger partial charge on any atom is -0.368 e. The molecule has 0 bridgehead atoms. The fourth-order valence-corrected chi connectivity index (χ4v) is 3.11. The highest BCUT2D eigenvalue weighted by Crippen LogP contribution is 2.27. The van der Waals surface area contributed by atoms with Crippen molar-refractivity contribution in [1.82, 2.24) is 15.3 Å². The van der Waals surface area contributed by atoms with Crippen molar-refractivity contribution in [2.75, 3.05) is 18.4 Å². The van der Waals surface area contributed by atoms with Crippen LogP contribution >= 0.6 is 11.3 Å². The largest absolute Gasteiger partial charge is 0.368 e. The lowest BCUT2D eigenvalue weighted by Gasteiger charge is -2.12. The number of aryl methyl sites for hydroxylation is 1. The standard InChI is InChI=1S/C12H16N4S/c1-8-5-10-11(15-7-16-12(10)17-8)14-6-9-3-2-4-13-9/h5,7,9,13H,2-4,6H2,1H3,(H,14,15,16). The molecule has 3 heterocycles. The van der Waals surface area contributed by atoms with E-state index in [1.54, 1.807) is 17.7 Å². The van der Waals surface area contributed by atoms with Gasteiger partial charge in [0.1, 0.15) is 17.0 Å². The molecule has 0 spiro atoms. The third-order valence-electron chi connectivity index (χ3n) is 3.13. The van der Waals surface area contributed by atoms with E-state index in [4.69, 9.17) is 0 Å². The normalized spacial score (nSPS) is 19.9. The highest BCUT2D eigenvalue weighted by Gasteiger charge is 2.14. The van der Waals surface area contributed by atoms with Gasteiger partial charge in [-0.25, -0.2) is 9.97 Å². The smallest absolute Gasteiger partial charge is 0.138 e. The van der Waals surface area contributed by atoms with Gasteiger partial charge in [0.25, 0.3) is 0 Å². The number of nitrogens with one attached hydrogen (secondary N) is 2. The number of thiophene rings is 1. The molecular weight excluding hydrogens is 232 g/mol. The average molecular weight is 248 g/mol. The van der Waals surface area contributed by atoms with E-state index in [0.717, 1.165) is 29.1 Å². The van der Waals surface area contributed by atoms with Crippen LogP contribution in [-0.2, 0) is 0 Å². The second-order valence-corrected chi connectivity index (χ2v) is 5.71. The Labute approximate surface area is 104 Å². The Kier molecular flexibility index (Phi) is 2.94. The van der Waals surface area contributed by atoms with E-state index in [2.05, 4.69) is 33.6 Å². The molecule has 4 nitrogen and oxygen atoms in total. The molecule has 1 atom stereocenters. The molecule has 17 heavy (non-hydrogen) atoms. The Morgan fingerprint density at radius 2 is 2.47 bits per heavy atom. The first kappa shape index (κ1) is 10.9. The maximum atomic E-state index is 4.34. The van der Waals surface area contributed by atoms with Crippen molar-refractivity contribution in [2.45, 2.75) is 25.8 Å². The summed E-state index contributed by atoms with van der Waals surface area (Å²) in [5, 5.41) is 8.06. The number of rotatable bonds is 3. The minimum absolute atomic E-state index is 0.583. The fourth-order valence-electron chi connectivity index (χ4n) is 2.27. The maximum Gasteiger partial charge on any atom is 0.138 e. The van der Waals surface area contributed by atoms with Crippen LogP contribution in [0.3, 0.4) is 0 Å². The minimum atomic E-state index is 0.583. The van der Waals surface area contributed by atoms with Gasteiger partial charge < -0.3 is 10.6 Å². The second kappa shape index (κ2) is 4.58. The topological polar surface area (TPSA) is 49.8 Å². The van der Waals surface area contributed by atoms with Gasteiger partial charge in [-0.1, -0.05) is 0 Å². The van der Waals surface area contributed by atoms with E-state index in [9.17, 15) is 0 Å². The van der Waals surface area contributed by atoms with Crippen LogP contribution in [0.2, 0.25) is 0 Å². The molecule has 0 amide bonds. The Balaban J connectivity index is 1.79. The first-order valence-electron chi connectivity index (χ1n) is 6.01. The summed E-state index contributed by atoms with van der Waals surface area (Å²) < 4.78 is 0. The van der Waals surface area contributed by atoms with Gasteiger partial charge in [-0.2, -0.15) is 0 Å².